The molecule has 8 heteroatoms. The van der Waals surface area contributed by atoms with Crippen molar-refractivity contribution in [2.75, 3.05) is 18.4 Å². The van der Waals surface area contributed by atoms with Gasteiger partial charge in [-0.1, -0.05) is 42.5 Å². The molecular weight excluding hydrogens is 354 g/mol. The van der Waals surface area contributed by atoms with Gasteiger partial charge >= 0.3 is 6.03 Å². The van der Waals surface area contributed by atoms with Gasteiger partial charge in [-0.25, -0.2) is 4.79 Å². The summed E-state index contributed by atoms with van der Waals surface area (Å²) < 4.78 is 0. The third kappa shape index (κ3) is 4.52. The number of urea groups is 1. The number of nitrogens with zero attached hydrogens (tertiary/aromatic N) is 5. The lowest BCUT2D eigenvalue weighted by atomic mass is 10.2. The van der Waals surface area contributed by atoms with Crippen molar-refractivity contribution in [2.24, 2.45) is 7.05 Å². The van der Waals surface area contributed by atoms with E-state index in [1.165, 1.54) is 10.4 Å². The lowest BCUT2D eigenvalue weighted by molar-refractivity contribution is 0.247. The average Bonchev–Trinajstić information content (AvgIpc) is 3.32. The van der Waals surface area contributed by atoms with Gasteiger partial charge in [-0.05, 0) is 29.3 Å². The van der Waals surface area contributed by atoms with Crippen molar-refractivity contribution in [3.8, 4) is 11.4 Å². The highest BCUT2D eigenvalue weighted by Crippen LogP contribution is 2.19. The van der Waals surface area contributed by atoms with Gasteiger partial charge in [-0.3, -0.25) is 4.90 Å². The first-order valence-corrected chi connectivity index (χ1v) is 9.34. The molecule has 8 nitrogen and oxygen atoms in total. The number of hydrogen-bond donors (Lipinski definition) is 2. The van der Waals surface area contributed by atoms with Crippen LogP contribution in [0.15, 0.2) is 54.6 Å². The number of rotatable bonds is 5. The molecule has 3 aromatic rings. The fraction of sp³-hybridized carbons (Fsp3) is 0.300. The summed E-state index contributed by atoms with van der Waals surface area (Å²) in [5.74, 6) is 0.527. The molecule has 144 valence electrons. The maximum atomic E-state index is 12.4. The Morgan fingerprint density at radius 3 is 2.82 bits per heavy atom. The quantitative estimate of drug-likeness (QED) is 0.712. The van der Waals surface area contributed by atoms with Crippen LogP contribution in [-0.2, 0) is 13.6 Å². The monoisotopic (exact) mass is 377 g/mol. The number of nitrogens with one attached hydrogen (secondary N) is 2. The molecule has 28 heavy (non-hydrogen) atoms. The molecule has 0 spiro atoms. The number of benzene rings is 2. The lowest BCUT2D eigenvalue weighted by Crippen LogP contribution is -2.39. The molecule has 0 saturated carbocycles. The zero-order valence-corrected chi connectivity index (χ0v) is 15.7. The fourth-order valence-electron chi connectivity index (χ4n) is 3.42. The number of anilines is 1. The minimum Gasteiger partial charge on any atom is -0.334 e. The van der Waals surface area contributed by atoms with E-state index < -0.39 is 0 Å². The number of hydrogen-bond acceptors (Lipinski definition) is 5. The van der Waals surface area contributed by atoms with E-state index in [2.05, 4.69) is 55.2 Å². The molecule has 2 N–H and O–H groups in total. The van der Waals surface area contributed by atoms with E-state index in [-0.39, 0.29) is 12.1 Å². The number of likely N-dealkylation sites (tertiary alicyclic amines) is 1. The Labute approximate surface area is 163 Å². The minimum atomic E-state index is -0.198. The van der Waals surface area contributed by atoms with Crippen molar-refractivity contribution in [2.45, 2.75) is 19.0 Å². The number of aromatic nitrogens is 4. The third-order valence-electron chi connectivity index (χ3n) is 4.74. The summed E-state index contributed by atoms with van der Waals surface area (Å²) >= 11 is 0. The van der Waals surface area contributed by atoms with E-state index in [0.29, 0.717) is 11.5 Å². The van der Waals surface area contributed by atoms with Crippen molar-refractivity contribution in [3.05, 3.63) is 60.2 Å². The minimum absolute atomic E-state index is 0.147. The SMILES string of the molecule is Cn1nnc(-c2cccc(NC(=O)N[C@H]3CCN(Cc4ccccc4)C3)c2)n1. The van der Waals surface area contributed by atoms with Gasteiger partial charge in [0.1, 0.15) is 0 Å². The lowest BCUT2D eigenvalue weighted by Gasteiger charge is -2.17. The Bertz CT molecular complexity index is 940. The van der Waals surface area contributed by atoms with Crippen LogP contribution in [-0.4, -0.2) is 50.3 Å². The second-order valence-electron chi connectivity index (χ2n) is 6.99. The summed E-state index contributed by atoms with van der Waals surface area (Å²) in [5.41, 5.74) is 2.80. The maximum absolute atomic E-state index is 12.4. The first-order chi connectivity index (χ1) is 13.7. The normalized spacial score (nSPS) is 16.8. The second kappa shape index (κ2) is 8.18. The smallest absolute Gasteiger partial charge is 0.319 e. The standard InChI is InChI=1S/C20H23N7O/c1-26-24-19(23-25-26)16-8-5-9-17(12-16)21-20(28)22-18-10-11-27(14-18)13-15-6-3-2-4-7-15/h2-9,12,18H,10-11,13-14H2,1H3,(H2,21,22,28)/t18-/m0/s1. The largest absolute Gasteiger partial charge is 0.334 e. The predicted octanol–water partition coefficient (Wildman–Crippen LogP) is 2.27. The first kappa shape index (κ1) is 18.1. The second-order valence-corrected chi connectivity index (χ2v) is 6.99. The summed E-state index contributed by atoms with van der Waals surface area (Å²) in [7, 11) is 1.72. The number of tetrazole rings is 1. The summed E-state index contributed by atoms with van der Waals surface area (Å²) in [6, 6.07) is 17.8. The molecule has 2 heterocycles. The molecule has 0 radical (unpaired) electrons. The molecule has 1 aliphatic rings. The third-order valence-corrected chi connectivity index (χ3v) is 4.74. The highest BCUT2D eigenvalue weighted by molar-refractivity contribution is 5.90. The van der Waals surface area contributed by atoms with Gasteiger partial charge in [-0.15, -0.1) is 10.2 Å². The van der Waals surface area contributed by atoms with Gasteiger partial charge in [0.2, 0.25) is 5.82 Å². The molecular formula is C20H23N7O. The summed E-state index contributed by atoms with van der Waals surface area (Å²) in [4.78, 5) is 16.2. The van der Waals surface area contributed by atoms with E-state index in [1.807, 2.05) is 30.3 Å². The first-order valence-electron chi connectivity index (χ1n) is 9.34. The van der Waals surface area contributed by atoms with Crippen molar-refractivity contribution >= 4 is 11.7 Å². The Morgan fingerprint density at radius 2 is 2.04 bits per heavy atom. The van der Waals surface area contributed by atoms with Gasteiger partial charge in [0, 0.05) is 36.9 Å². The summed E-state index contributed by atoms with van der Waals surface area (Å²) in [5, 5.41) is 18.0. The molecule has 2 aromatic carbocycles. The average molecular weight is 377 g/mol. The van der Waals surface area contributed by atoms with Crippen molar-refractivity contribution < 1.29 is 4.79 Å². The molecule has 1 fully saturated rings. The Hall–Kier alpha value is -3.26. The molecule has 1 aromatic heterocycles. The zero-order valence-electron chi connectivity index (χ0n) is 15.7. The molecule has 1 atom stereocenters. The molecule has 4 rings (SSSR count). The van der Waals surface area contributed by atoms with Crippen molar-refractivity contribution in [3.63, 3.8) is 0 Å². The molecule has 1 aliphatic heterocycles. The molecule has 0 aliphatic carbocycles. The van der Waals surface area contributed by atoms with Crippen LogP contribution in [0.1, 0.15) is 12.0 Å². The van der Waals surface area contributed by atoms with E-state index in [1.54, 1.807) is 7.05 Å². The van der Waals surface area contributed by atoms with Crippen LogP contribution in [0, 0.1) is 0 Å². The summed E-state index contributed by atoms with van der Waals surface area (Å²) in [6.07, 6.45) is 0.948. The number of carbonyl (C=O) groups excluding carboxylic acids is 1. The molecule has 0 unspecified atom stereocenters. The van der Waals surface area contributed by atoms with Crippen molar-refractivity contribution in [1.82, 2.24) is 30.4 Å². The van der Waals surface area contributed by atoms with E-state index in [9.17, 15) is 4.79 Å². The van der Waals surface area contributed by atoms with Crippen LogP contribution in [0.2, 0.25) is 0 Å². The molecule has 2 amide bonds. The number of carbonyl (C=O) groups is 1. The maximum Gasteiger partial charge on any atom is 0.319 e. The van der Waals surface area contributed by atoms with Gasteiger partial charge in [-0.2, -0.15) is 4.80 Å². The van der Waals surface area contributed by atoms with Crippen LogP contribution in [0.3, 0.4) is 0 Å². The Kier molecular flexibility index (Phi) is 5.29. The van der Waals surface area contributed by atoms with E-state index in [4.69, 9.17) is 0 Å². The van der Waals surface area contributed by atoms with Crippen LogP contribution >= 0.6 is 0 Å². The number of amides is 2. The Morgan fingerprint density at radius 1 is 1.18 bits per heavy atom. The van der Waals surface area contributed by atoms with Gasteiger partial charge in [0.05, 0.1) is 7.05 Å². The van der Waals surface area contributed by atoms with Gasteiger partial charge in [0.25, 0.3) is 0 Å². The van der Waals surface area contributed by atoms with Crippen LogP contribution in [0.4, 0.5) is 10.5 Å². The molecule has 0 bridgehead atoms. The van der Waals surface area contributed by atoms with Crippen LogP contribution in [0.5, 0.6) is 0 Å². The molecule has 1 saturated heterocycles. The Balaban J connectivity index is 1.30. The van der Waals surface area contributed by atoms with Gasteiger partial charge in [0.15, 0.2) is 0 Å². The van der Waals surface area contributed by atoms with Crippen LogP contribution in [0.25, 0.3) is 11.4 Å². The predicted molar refractivity (Wildman–Crippen MR) is 107 cm³/mol. The highest BCUT2D eigenvalue weighted by Gasteiger charge is 2.23. The summed E-state index contributed by atoms with van der Waals surface area (Å²) in [6.45, 7) is 2.74. The van der Waals surface area contributed by atoms with Gasteiger partial charge < -0.3 is 10.6 Å². The number of aryl methyl sites for hydroxylation is 1. The van der Waals surface area contributed by atoms with E-state index >= 15 is 0 Å². The highest BCUT2D eigenvalue weighted by atomic mass is 16.2. The fourth-order valence-corrected chi connectivity index (χ4v) is 3.42. The van der Waals surface area contributed by atoms with Crippen LogP contribution < -0.4 is 10.6 Å². The van der Waals surface area contributed by atoms with E-state index in [0.717, 1.165) is 31.6 Å². The topological polar surface area (TPSA) is 88.0 Å². The zero-order chi connectivity index (χ0) is 19.3. The van der Waals surface area contributed by atoms with Crippen molar-refractivity contribution in [1.29, 1.82) is 0 Å².